The Morgan fingerprint density at radius 2 is 2.19 bits per heavy atom. The molecule has 3 rings (SSSR count). The first kappa shape index (κ1) is 17.8. The molecule has 8 heteroatoms. The van der Waals surface area contributed by atoms with Crippen molar-refractivity contribution >= 4 is 29.3 Å². The molecule has 1 aromatic carbocycles. The molecule has 0 aliphatic carbocycles. The Hall–Kier alpha value is -2.97. The van der Waals surface area contributed by atoms with Gasteiger partial charge in [0, 0.05) is 23.9 Å². The molecule has 0 radical (unpaired) electrons. The number of hydrazone groups is 1. The molecule has 0 bridgehead atoms. The lowest BCUT2D eigenvalue weighted by atomic mass is 9.99. The predicted octanol–water partition coefficient (Wildman–Crippen LogP) is 2.73. The van der Waals surface area contributed by atoms with Crippen molar-refractivity contribution < 1.29 is 19.4 Å². The Morgan fingerprint density at radius 1 is 1.38 bits per heavy atom. The molecular formula is C18H20N4O4. The van der Waals surface area contributed by atoms with Crippen LogP contribution in [-0.2, 0) is 19.4 Å². The standard InChI is InChI=1S/C18H20N4O4/c1-3-25-18(23)17(14-8-10-19-11-9-14)21-20-15-6-4-13(5-7-15)16-12-22(16)26-24-2/h4-8,10-12,14,20H,3,9H2,1-2H3/b21-17-. The number of nitrogens with zero attached hydrogens (tertiary/aromatic N) is 3. The summed E-state index contributed by atoms with van der Waals surface area (Å²) in [5, 5.41) is 5.80. The molecule has 0 amide bonds. The summed E-state index contributed by atoms with van der Waals surface area (Å²) in [6.07, 6.45) is 7.67. The number of esters is 1. The number of hydrogen-bond acceptors (Lipinski definition) is 8. The number of nitrogens with one attached hydrogen (secondary N) is 1. The zero-order chi connectivity index (χ0) is 18.4. The molecule has 0 saturated heterocycles. The van der Waals surface area contributed by atoms with Gasteiger partial charge in [0.15, 0.2) is 5.71 Å². The average molecular weight is 356 g/mol. The van der Waals surface area contributed by atoms with E-state index in [0.29, 0.717) is 18.7 Å². The first-order valence-electron chi connectivity index (χ1n) is 8.24. The van der Waals surface area contributed by atoms with Crippen molar-refractivity contribution in [2.24, 2.45) is 16.0 Å². The number of hydrogen-bond donors (Lipinski definition) is 1. The number of allylic oxidation sites excluding steroid dienone is 1. The van der Waals surface area contributed by atoms with Gasteiger partial charge >= 0.3 is 5.97 Å². The van der Waals surface area contributed by atoms with Gasteiger partial charge in [0.2, 0.25) is 0 Å². The van der Waals surface area contributed by atoms with Gasteiger partial charge in [-0.25, -0.2) is 9.68 Å². The van der Waals surface area contributed by atoms with Crippen LogP contribution in [0, 0.1) is 5.92 Å². The molecule has 0 saturated carbocycles. The zero-order valence-electron chi connectivity index (χ0n) is 14.6. The second-order valence-electron chi connectivity index (χ2n) is 5.50. The molecule has 26 heavy (non-hydrogen) atoms. The number of anilines is 1. The maximum absolute atomic E-state index is 12.2. The minimum absolute atomic E-state index is 0.158. The van der Waals surface area contributed by atoms with Crippen LogP contribution in [0.25, 0.3) is 5.70 Å². The highest BCUT2D eigenvalue weighted by atomic mass is 17.3. The number of aliphatic imine (C=N–C) groups is 1. The van der Waals surface area contributed by atoms with E-state index in [4.69, 9.17) is 9.73 Å². The van der Waals surface area contributed by atoms with Crippen molar-refractivity contribution in [3.05, 3.63) is 48.3 Å². The van der Waals surface area contributed by atoms with Crippen LogP contribution in [0.15, 0.2) is 52.8 Å². The number of rotatable bonds is 8. The third-order valence-corrected chi connectivity index (χ3v) is 3.76. The quantitative estimate of drug-likeness (QED) is 0.334. The highest BCUT2D eigenvalue weighted by Crippen LogP contribution is 2.32. The topological polar surface area (TPSA) is 84.5 Å². The van der Waals surface area contributed by atoms with Crippen LogP contribution in [0.2, 0.25) is 0 Å². The molecule has 136 valence electrons. The minimum Gasteiger partial charge on any atom is -0.461 e. The van der Waals surface area contributed by atoms with E-state index in [1.54, 1.807) is 25.5 Å². The second kappa shape index (κ2) is 8.41. The van der Waals surface area contributed by atoms with Crippen molar-refractivity contribution in [1.82, 2.24) is 5.06 Å². The lowest BCUT2D eigenvalue weighted by Gasteiger charge is -2.14. The fourth-order valence-corrected chi connectivity index (χ4v) is 2.42. The highest BCUT2D eigenvalue weighted by Gasteiger charge is 2.25. The summed E-state index contributed by atoms with van der Waals surface area (Å²) in [5.41, 5.74) is 5.90. The average Bonchev–Trinajstić information content (AvgIpc) is 3.43. The molecular weight excluding hydrogens is 336 g/mol. The summed E-state index contributed by atoms with van der Waals surface area (Å²) in [6, 6.07) is 7.56. The monoisotopic (exact) mass is 356 g/mol. The maximum Gasteiger partial charge on any atom is 0.355 e. The molecule has 0 spiro atoms. The van der Waals surface area contributed by atoms with E-state index >= 15 is 0 Å². The maximum atomic E-state index is 12.2. The largest absolute Gasteiger partial charge is 0.461 e. The number of carbonyl (C=O) groups is 1. The number of ether oxygens (including phenoxy) is 1. The SMILES string of the molecule is CCOC(=O)/C(=N\Nc1ccc(C2=CN2OOC)cc1)C1C=CN=CC1. The van der Waals surface area contributed by atoms with Crippen LogP contribution in [0.3, 0.4) is 0 Å². The zero-order valence-corrected chi connectivity index (χ0v) is 14.6. The van der Waals surface area contributed by atoms with Gasteiger partial charge in [-0.15, -0.1) is 4.99 Å². The van der Waals surface area contributed by atoms with Crippen LogP contribution < -0.4 is 5.43 Å². The summed E-state index contributed by atoms with van der Waals surface area (Å²) in [5.74, 6) is -0.591. The normalized spacial score (nSPS) is 18.5. The summed E-state index contributed by atoms with van der Waals surface area (Å²) in [4.78, 5) is 25.7. The van der Waals surface area contributed by atoms with Crippen LogP contribution >= 0.6 is 0 Å². The molecule has 1 atom stereocenters. The smallest absolute Gasteiger partial charge is 0.355 e. The Bertz CT molecular complexity index is 768. The fourth-order valence-electron chi connectivity index (χ4n) is 2.42. The van der Waals surface area contributed by atoms with E-state index in [0.717, 1.165) is 16.9 Å². The molecule has 1 aromatic rings. The van der Waals surface area contributed by atoms with Gasteiger partial charge in [0.05, 0.1) is 31.3 Å². The van der Waals surface area contributed by atoms with Crippen LogP contribution in [0.5, 0.6) is 0 Å². The van der Waals surface area contributed by atoms with Gasteiger partial charge in [-0.2, -0.15) is 10.2 Å². The van der Waals surface area contributed by atoms with Gasteiger partial charge < -0.3 is 4.74 Å². The highest BCUT2D eigenvalue weighted by molar-refractivity contribution is 6.38. The van der Waals surface area contributed by atoms with E-state index in [-0.39, 0.29) is 5.92 Å². The lowest BCUT2D eigenvalue weighted by Crippen LogP contribution is -2.27. The van der Waals surface area contributed by atoms with Gasteiger partial charge in [0.1, 0.15) is 0 Å². The summed E-state index contributed by atoms with van der Waals surface area (Å²) in [6.45, 7) is 2.06. The summed E-state index contributed by atoms with van der Waals surface area (Å²) >= 11 is 0. The van der Waals surface area contributed by atoms with Crippen LogP contribution in [-0.4, -0.2) is 36.7 Å². The minimum atomic E-state index is -0.433. The Morgan fingerprint density at radius 3 is 2.85 bits per heavy atom. The predicted molar refractivity (Wildman–Crippen MR) is 97.8 cm³/mol. The van der Waals surface area contributed by atoms with Crippen molar-refractivity contribution in [3.63, 3.8) is 0 Å². The molecule has 2 aliphatic heterocycles. The van der Waals surface area contributed by atoms with Crippen molar-refractivity contribution in [1.29, 1.82) is 0 Å². The molecule has 1 unspecified atom stereocenters. The van der Waals surface area contributed by atoms with Crippen LogP contribution in [0.1, 0.15) is 18.9 Å². The first-order valence-corrected chi connectivity index (χ1v) is 8.24. The van der Waals surface area contributed by atoms with Gasteiger partial charge in [-0.3, -0.25) is 10.4 Å². The molecule has 1 N–H and O–H groups in total. The van der Waals surface area contributed by atoms with Crippen molar-refractivity contribution in [3.8, 4) is 0 Å². The number of hydroxylamine groups is 2. The third kappa shape index (κ3) is 4.35. The van der Waals surface area contributed by atoms with E-state index in [1.807, 2.05) is 30.3 Å². The Labute approximate surface area is 151 Å². The fraction of sp³-hybridized carbons (Fsp3) is 0.278. The first-order chi connectivity index (χ1) is 12.7. The summed E-state index contributed by atoms with van der Waals surface area (Å²) < 4.78 is 5.11. The van der Waals surface area contributed by atoms with Gasteiger partial charge in [-0.05, 0) is 25.5 Å². The molecule has 0 fully saturated rings. The Balaban J connectivity index is 1.67. The van der Waals surface area contributed by atoms with Gasteiger partial charge in [0.25, 0.3) is 0 Å². The third-order valence-electron chi connectivity index (χ3n) is 3.76. The Kier molecular flexibility index (Phi) is 5.77. The molecule has 0 aromatic heterocycles. The molecule has 8 nitrogen and oxygen atoms in total. The summed E-state index contributed by atoms with van der Waals surface area (Å²) in [7, 11) is 1.45. The number of benzene rings is 1. The second-order valence-corrected chi connectivity index (χ2v) is 5.50. The van der Waals surface area contributed by atoms with Crippen molar-refractivity contribution in [2.75, 3.05) is 19.1 Å². The van der Waals surface area contributed by atoms with Crippen LogP contribution in [0.4, 0.5) is 5.69 Å². The van der Waals surface area contributed by atoms with E-state index in [9.17, 15) is 4.79 Å². The molecule has 2 aliphatic rings. The van der Waals surface area contributed by atoms with Gasteiger partial charge in [-0.1, -0.05) is 18.2 Å². The lowest BCUT2D eigenvalue weighted by molar-refractivity contribution is -0.362. The van der Waals surface area contributed by atoms with E-state index in [1.165, 1.54) is 12.2 Å². The number of carbonyl (C=O) groups excluding carboxylic acids is 1. The van der Waals surface area contributed by atoms with E-state index < -0.39 is 5.97 Å². The van der Waals surface area contributed by atoms with E-state index in [2.05, 4.69) is 20.4 Å². The van der Waals surface area contributed by atoms with Crippen molar-refractivity contribution in [2.45, 2.75) is 13.3 Å². The molecule has 2 heterocycles.